The van der Waals surface area contributed by atoms with Gasteiger partial charge >= 0.3 is 6.16 Å². The maximum absolute atomic E-state index is 10.7. The molecular weight excluding hydrogens is 350 g/mol. The van der Waals surface area contributed by atoms with E-state index < -0.39 is 11.6 Å². The minimum Gasteiger partial charge on any atom is -0.493 e. The Balaban J connectivity index is 1.79. The first-order valence-corrected chi connectivity index (χ1v) is 9.30. The molecule has 27 heavy (non-hydrogen) atoms. The summed E-state index contributed by atoms with van der Waals surface area (Å²) in [5.41, 5.74) is 0.144. The standard InChI is InChI=1S/C20H25NO6/c1-25-17-5-2-13(10-18(17)26-16-4-3-14(22)11-16)20(12-21)8-6-15(7-9-20)27-19(23)24/h2,5,10,14-16,22H,3-4,6-9,11H2,1H3,(H,23,24)/t14-,15?,16-,20?/m1/s1. The van der Waals surface area contributed by atoms with Gasteiger partial charge in [0.25, 0.3) is 0 Å². The molecular formula is C20H25NO6. The van der Waals surface area contributed by atoms with E-state index >= 15 is 0 Å². The molecule has 146 valence electrons. The number of aliphatic hydroxyl groups excluding tert-OH is 1. The van der Waals surface area contributed by atoms with E-state index in [1.807, 2.05) is 12.1 Å². The van der Waals surface area contributed by atoms with E-state index in [-0.39, 0.29) is 18.3 Å². The van der Waals surface area contributed by atoms with E-state index in [1.54, 1.807) is 13.2 Å². The van der Waals surface area contributed by atoms with Gasteiger partial charge in [-0.05, 0) is 56.2 Å². The van der Waals surface area contributed by atoms with Crippen LogP contribution >= 0.6 is 0 Å². The molecule has 3 rings (SSSR count). The van der Waals surface area contributed by atoms with Gasteiger partial charge in [-0.25, -0.2) is 4.79 Å². The summed E-state index contributed by atoms with van der Waals surface area (Å²) in [5, 5.41) is 28.4. The Morgan fingerprint density at radius 3 is 2.48 bits per heavy atom. The maximum atomic E-state index is 10.7. The fourth-order valence-electron chi connectivity index (χ4n) is 4.08. The first-order chi connectivity index (χ1) is 13.0. The highest BCUT2D eigenvalue weighted by atomic mass is 16.7. The summed E-state index contributed by atoms with van der Waals surface area (Å²) in [7, 11) is 1.57. The van der Waals surface area contributed by atoms with Crippen LogP contribution in [-0.2, 0) is 10.2 Å². The molecule has 1 aromatic rings. The number of nitrogens with zero attached hydrogens (tertiary/aromatic N) is 1. The summed E-state index contributed by atoms with van der Waals surface area (Å²) in [5.74, 6) is 1.17. The Labute approximate surface area is 158 Å². The van der Waals surface area contributed by atoms with Crippen molar-refractivity contribution in [1.82, 2.24) is 0 Å². The van der Waals surface area contributed by atoms with Gasteiger partial charge in [0, 0.05) is 6.42 Å². The molecule has 0 aromatic heterocycles. The second-order valence-electron chi connectivity index (χ2n) is 7.35. The molecule has 1 aromatic carbocycles. The van der Waals surface area contributed by atoms with E-state index in [9.17, 15) is 15.2 Å². The summed E-state index contributed by atoms with van der Waals surface area (Å²) in [6.45, 7) is 0. The average Bonchev–Trinajstić information content (AvgIpc) is 3.07. The van der Waals surface area contributed by atoms with Crippen LogP contribution < -0.4 is 9.47 Å². The molecule has 7 nitrogen and oxygen atoms in total. The molecule has 0 bridgehead atoms. The van der Waals surface area contributed by atoms with Gasteiger partial charge in [0.2, 0.25) is 0 Å². The molecule has 0 spiro atoms. The molecule has 2 aliphatic rings. The summed E-state index contributed by atoms with van der Waals surface area (Å²) >= 11 is 0. The van der Waals surface area contributed by atoms with Gasteiger partial charge in [0.1, 0.15) is 12.2 Å². The quantitative estimate of drug-likeness (QED) is 0.759. The van der Waals surface area contributed by atoms with Crippen molar-refractivity contribution in [2.45, 2.75) is 68.7 Å². The average molecular weight is 375 g/mol. The molecule has 0 aliphatic heterocycles. The Kier molecular flexibility index (Phi) is 5.76. The van der Waals surface area contributed by atoms with E-state index in [4.69, 9.17) is 19.3 Å². The van der Waals surface area contributed by atoms with E-state index in [0.717, 1.165) is 18.4 Å². The highest BCUT2D eigenvalue weighted by Gasteiger charge is 2.39. The first-order valence-electron chi connectivity index (χ1n) is 9.30. The van der Waals surface area contributed by atoms with Gasteiger partial charge in [-0.3, -0.25) is 0 Å². The number of rotatable bonds is 5. The number of methoxy groups -OCH3 is 1. The fraction of sp³-hybridized carbons (Fsp3) is 0.600. The van der Waals surface area contributed by atoms with Crippen LogP contribution in [0.3, 0.4) is 0 Å². The molecule has 2 fully saturated rings. The van der Waals surface area contributed by atoms with Crippen molar-refractivity contribution in [1.29, 1.82) is 5.26 Å². The third-order valence-electron chi connectivity index (χ3n) is 5.63. The summed E-state index contributed by atoms with van der Waals surface area (Å²) in [6.07, 6.45) is 2.12. The summed E-state index contributed by atoms with van der Waals surface area (Å²) in [4.78, 5) is 10.7. The zero-order chi connectivity index (χ0) is 19.4. The molecule has 2 saturated carbocycles. The Morgan fingerprint density at radius 1 is 1.19 bits per heavy atom. The first kappa shape index (κ1) is 19.3. The number of benzene rings is 1. The van der Waals surface area contributed by atoms with Crippen molar-refractivity contribution in [3.8, 4) is 17.6 Å². The topological polar surface area (TPSA) is 109 Å². The lowest BCUT2D eigenvalue weighted by atomic mass is 9.69. The molecule has 2 N–H and O–H groups in total. The minimum atomic E-state index is -1.27. The van der Waals surface area contributed by atoms with Gasteiger partial charge in [-0.15, -0.1) is 0 Å². The van der Waals surface area contributed by atoms with Crippen molar-refractivity contribution in [2.24, 2.45) is 0 Å². The number of ether oxygens (including phenoxy) is 3. The predicted octanol–water partition coefficient (Wildman–Crippen LogP) is 3.39. The van der Waals surface area contributed by atoms with Crippen molar-refractivity contribution >= 4 is 6.16 Å². The van der Waals surface area contributed by atoms with Crippen LogP contribution in [0.5, 0.6) is 11.5 Å². The summed E-state index contributed by atoms with van der Waals surface area (Å²) < 4.78 is 16.3. The lowest BCUT2D eigenvalue weighted by Crippen LogP contribution is -2.34. The molecule has 0 radical (unpaired) electrons. The SMILES string of the molecule is COc1ccc(C2(C#N)CCC(OC(=O)O)CC2)cc1O[C@@H]1CC[C@@H](O)C1. The van der Waals surface area contributed by atoms with Crippen molar-refractivity contribution in [3.63, 3.8) is 0 Å². The number of hydrogen-bond acceptors (Lipinski definition) is 6. The van der Waals surface area contributed by atoms with Crippen LogP contribution in [0, 0.1) is 11.3 Å². The predicted molar refractivity (Wildman–Crippen MR) is 95.9 cm³/mol. The van der Waals surface area contributed by atoms with Crippen molar-refractivity contribution in [3.05, 3.63) is 23.8 Å². The molecule has 7 heteroatoms. The number of carboxylic acid groups (broad SMARTS) is 1. The summed E-state index contributed by atoms with van der Waals surface area (Å²) in [6, 6.07) is 7.96. The molecule has 0 saturated heterocycles. The second-order valence-corrected chi connectivity index (χ2v) is 7.35. The lowest BCUT2D eigenvalue weighted by molar-refractivity contribution is 0.0286. The number of carbonyl (C=O) groups is 1. The van der Waals surface area contributed by atoms with Gasteiger partial charge in [0.15, 0.2) is 11.5 Å². The van der Waals surface area contributed by atoms with E-state index in [1.165, 1.54) is 0 Å². The van der Waals surface area contributed by atoms with E-state index in [2.05, 4.69) is 6.07 Å². The van der Waals surface area contributed by atoms with Crippen LogP contribution in [0.4, 0.5) is 4.79 Å². The van der Waals surface area contributed by atoms with Crippen LogP contribution in [0.25, 0.3) is 0 Å². The Hall–Kier alpha value is -2.46. The maximum Gasteiger partial charge on any atom is 0.506 e. The van der Waals surface area contributed by atoms with Gasteiger partial charge in [-0.2, -0.15) is 5.26 Å². The monoisotopic (exact) mass is 375 g/mol. The zero-order valence-corrected chi connectivity index (χ0v) is 15.4. The molecule has 2 atom stereocenters. The Bertz CT molecular complexity index is 720. The largest absolute Gasteiger partial charge is 0.506 e. The zero-order valence-electron chi connectivity index (χ0n) is 15.4. The van der Waals surface area contributed by atoms with E-state index in [0.29, 0.717) is 43.6 Å². The smallest absolute Gasteiger partial charge is 0.493 e. The minimum absolute atomic E-state index is 0.0677. The van der Waals surface area contributed by atoms with Crippen LogP contribution in [-0.4, -0.2) is 41.8 Å². The number of nitriles is 1. The number of hydrogen-bond donors (Lipinski definition) is 2. The second kappa shape index (κ2) is 8.05. The van der Waals surface area contributed by atoms with Crippen LogP contribution in [0.2, 0.25) is 0 Å². The van der Waals surface area contributed by atoms with Gasteiger partial charge in [0.05, 0.1) is 24.7 Å². The van der Waals surface area contributed by atoms with Crippen LogP contribution in [0.15, 0.2) is 18.2 Å². The molecule has 0 unspecified atom stereocenters. The third kappa shape index (κ3) is 4.28. The molecule has 0 heterocycles. The molecule has 0 amide bonds. The fourth-order valence-corrected chi connectivity index (χ4v) is 4.08. The Morgan fingerprint density at radius 2 is 1.93 bits per heavy atom. The highest BCUT2D eigenvalue weighted by molar-refractivity contribution is 5.57. The van der Waals surface area contributed by atoms with Gasteiger partial charge < -0.3 is 24.4 Å². The third-order valence-corrected chi connectivity index (χ3v) is 5.63. The molecule has 2 aliphatic carbocycles. The van der Waals surface area contributed by atoms with Crippen LogP contribution in [0.1, 0.15) is 50.5 Å². The highest BCUT2D eigenvalue weighted by Crippen LogP contribution is 2.43. The lowest BCUT2D eigenvalue weighted by Gasteiger charge is -2.35. The van der Waals surface area contributed by atoms with Crippen molar-refractivity contribution < 1.29 is 29.2 Å². The number of aliphatic hydroxyl groups is 1. The van der Waals surface area contributed by atoms with Crippen molar-refractivity contribution in [2.75, 3.05) is 7.11 Å². The van der Waals surface area contributed by atoms with Gasteiger partial charge in [-0.1, -0.05) is 6.07 Å². The normalized spacial score (nSPS) is 30.3.